The van der Waals surface area contributed by atoms with Gasteiger partial charge in [-0.1, -0.05) is 57.7 Å². The molecule has 2 atom stereocenters. The van der Waals surface area contributed by atoms with Crippen LogP contribution in [-0.4, -0.2) is 18.7 Å². The van der Waals surface area contributed by atoms with Crippen molar-refractivity contribution in [2.75, 3.05) is 6.61 Å². The van der Waals surface area contributed by atoms with Crippen LogP contribution >= 0.6 is 0 Å². The van der Waals surface area contributed by atoms with Crippen LogP contribution in [-0.2, 0) is 9.53 Å². The molecule has 1 aromatic carbocycles. The molecule has 1 fully saturated rings. The average molecular weight is 347 g/mol. The third kappa shape index (κ3) is 6.37. The normalized spacial score (nSPS) is 20.2. The molecule has 0 aliphatic heterocycles. The molecule has 0 radical (unpaired) electrons. The summed E-state index contributed by atoms with van der Waals surface area (Å²) in [6.07, 6.45) is 10.3. The molecule has 0 saturated heterocycles. The minimum atomic E-state index is -0.0327. The fraction of sp³-hybridized carbons (Fsp3) is 0.682. The second kappa shape index (κ2) is 11.2. The van der Waals surface area contributed by atoms with E-state index < -0.39 is 0 Å². The maximum Gasteiger partial charge on any atom is 0.306 e. The fourth-order valence-electron chi connectivity index (χ4n) is 3.59. The van der Waals surface area contributed by atoms with Crippen molar-refractivity contribution in [2.24, 2.45) is 0 Å². The van der Waals surface area contributed by atoms with Crippen molar-refractivity contribution in [3.63, 3.8) is 0 Å². The summed E-state index contributed by atoms with van der Waals surface area (Å²) >= 11 is 0. The largest absolute Gasteiger partial charge is 0.493 e. The second-order valence-electron chi connectivity index (χ2n) is 7.12. The number of para-hydroxylation sites is 1. The number of hydrogen-bond acceptors (Lipinski definition) is 3. The number of rotatable bonds is 10. The van der Waals surface area contributed by atoms with E-state index in [1.54, 1.807) is 0 Å². The molecule has 0 spiro atoms. The lowest BCUT2D eigenvalue weighted by molar-refractivity contribution is -0.151. The van der Waals surface area contributed by atoms with Gasteiger partial charge in [-0.25, -0.2) is 0 Å². The molecule has 0 aromatic heterocycles. The molecule has 140 valence electrons. The van der Waals surface area contributed by atoms with Gasteiger partial charge in [0.25, 0.3) is 0 Å². The highest BCUT2D eigenvalue weighted by Crippen LogP contribution is 2.39. The molecular formula is C22H34O3. The SMILES string of the molecule is CCCCCC(=O)OC1CCCCC1c1ccccc1OCCCC. The zero-order valence-corrected chi connectivity index (χ0v) is 16.0. The van der Waals surface area contributed by atoms with Crippen LogP contribution in [0.2, 0.25) is 0 Å². The molecule has 2 unspecified atom stereocenters. The van der Waals surface area contributed by atoms with Crippen LogP contribution in [0.4, 0.5) is 0 Å². The number of esters is 1. The summed E-state index contributed by atoms with van der Waals surface area (Å²) < 4.78 is 11.9. The molecule has 0 amide bonds. The molecule has 1 aliphatic rings. The second-order valence-corrected chi connectivity index (χ2v) is 7.12. The lowest BCUT2D eigenvalue weighted by atomic mass is 9.81. The summed E-state index contributed by atoms with van der Waals surface area (Å²) in [4.78, 5) is 12.2. The van der Waals surface area contributed by atoms with Crippen LogP contribution in [0, 0.1) is 0 Å². The van der Waals surface area contributed by atoms with Gasteiger partial charge in [0.1, 0.15) is 11.9 Å². The van der Waals surface area contributed by atoms with Gasteiger partial charge in [0.2, 0.25) is 0 Å². The van der Waals surface area contributed by atoms with Crippen LogP contribution < -0.4 is 4.74 Å². The van der Waals surface area contributed by atoms with Crippen molar-refractivity contribution in [1.29, 1.82) is 0 Å². The van der Waals surface area contributed by atoms with Gasteiger partial charge in [0.15, 0.2) is 0 Å². The third-order valence-electron chi connectivity index (χ3n) is 5.04. The summed E-state index contributed by atoms with van der Waals surface area (Å²) in [5.41, 5.74) is 1.21. The van der Waals surface area contributed by atoms with Gasteiger partial charge in [0, 0.05) is 17.9 Å². The number of carbonyl (C=O) groups excluding carboxylic acids is 1. The Morgan fingerprint density at radius 2 is 1.80 bits per heavy atom. The number of ether oxygens (including phenoxy) is 2. The maximum atomic E-state index is 12.2. The van der Waals surface area contributed by atoms with E-state index in [2.05, 4.69) is 32.0 Å². The van der Waals surface area contributed by atoms with E-state index in [0.29, 0.717) is 6.42 Å². The first-order chi connectivity index (χ1) is 12.3. The van der Waals surface area contributed by atoms with Crippen LogP contribution in [0.1, 0.15) is 89.5 Å². The van der Waals surface area contributed by atoms with Gasteiger partial charge in [-0.3, -0.25) is 4.79 Å². The molecular weight excluding hydrogens is 312 g/mol. The minimum Gasteiger partial charge on any atom is -0.493 e. The van der Waals surface area contributed by atoms with E-state index in [1.807, 2.05) is 6.07 Å². The Bertz CT molecular complexity index is 512. The summed E-state index contributed by atoms with van der Waals surface area (Å²) in [6.45, 7) is 5.07. The molecule has 1 saturated carbocycles. The monoisotopic (exact) mass is 346 g/mol. The lowest BCUT2D eigenvalue weighted by Crippen LogP contribution is -2.29. The summed E-state index contributed by atoms with van der Waals surface area (Å²) in [7, 11) is 0. The van der Waals surface area contributed by atoms with Gasteiger partial charge in [-0.05, 0) is 38.2 Å². The molecule has 0 bridgehead atoms. The van der Waals surface area contributed by atoms with E-state index in [0.717, 1.165) is 63.7 Å². The maximum absolute atomic E-state index is 12.2. The Labute approximate surface area is 153 Å². The van der Waals surface area contributed by atoms with Gasteiger partial charge < -0.3 is 9.47 Å². The highest BCUT2D eigenvalue weighted by molar-refractivity contribution is 5.69. The number of hydrogen-bond donors (Lipinski definition) is 0. The highest BCUT2D eigenvalue weighted by Gasteiger charge is 2.31. The smallest absolute Gasteiger partial charge is 0.306 e. The van der Waals surface area contributed by atoms with Crippen molar-refractivity contribution in [1.82, 2.24) is 0 Å². The third-order valence-corrected chi connectivity index (χ3v) is 5.04. The van der Waals surface area contributed by atoms with Crippen LogP contribution in [0.3, 0.4) is 0 Å². The molecule has 0 N–H and O–H groups in total. The first-order valence-corrected chi connectivity index (χ1v) is 10.2. The number of benzene rings is 1. The minimum absolute atomic E-state index is 0.00111. The molecule has 3 heteroatoms. The van der Waals surface area contributed by atoms with Crippen molar-refractivity contribution in [3.8, 4) is 5.75 Å². The van der Waals surface area contributed by atoms with Gasteiger partial charge in [0.05, 0.1) is 6.61 Å². The first kappa shape index (κ1) is 19.8. The van der Waals surface area contributed by atoms with Crippen LogP contribution in [0.15, 0.2) is 24.3 Å². The summed E-state index contributed by atoms with van der Waals surface area (Å²) in [5.74, 6) is 1.20. The van der Waals surface area contributed by atoms with Crippen LogP contribution in [0.25, 0.3) is 0 Å². The van der Waals surface area contributed by atoms with E-state index in [9.17, 15) is 4.79 Å². The standard InChI is InChI=1S/C22H34O3/c1-3-5-7-16-22(23)25-21-15-11-9-13-19(21)18-12-8-10-14-20(18)24-17-6-4-2/h8,10,12,14,19,21H,3-7,9,11,13,15-17H2,1-2H3. The molecule has 2 rings (SSSR count). The molecule has 0 heterocycles. The number of unbranched alkanes of at least 4 members (excludes halogenated alkanes) is 3. The van der Waals surface area contributed by atoms with Crippen molar-refractivity contribution in [2.45, 2.75) is 90.1 Å². The first-order valence-electron chi connectivity index (χ1n) is 10.2. The molecule has 3 nitrogen and oxygen atoms in total. The zero-order chi connectivity index (χ0) is 17.9. The Morgan fingerprint density at radius 1 is 1.04 bits per heavy atom. The quantitative estimate of drug-likeness (QED) is 0.384. The topological polar surface area (TPSA) is 35.5 Å². The lowest BCUT2D eigenvalue weighted by Gasteiger charge is -2.32. The Balaban J connectivity index is 2.03. The van der Waals surface area contributed by atoms with E-state index >= 15 is 0 Å². The van der Waals surface area contributed by atoms with E-state index in [1.165, 1.54) is 12.0 Å². The van der Waals surface area contributed by atoms with Crippen molar-refractivity contribution >= 4 is 5.97 Å². The highest BCUT2D eigenvalue weighted by atomic mass is 16.5. The summed E-state index contributed by atoms with van der Waals surface area (Å²) in [5, 5.41) is 0. The zero-order valence-electron chi connectivity index (χ0n) is 16.0. The Morgan fingerprint density at radius 3 is 2.60 bits per heavy atom. The van der Waals surface area contributed by atoms with Gasteiger partial charge in [-0.2, -0.15) is 0 Å². The van der Waals surface area contributed by atoms with Gasteiger partial charge >= 0.3 is 5.97 Å². The summed E-state index contributed by atoms with van der Waals surface area (Å²) in [6, 6.07) is 8.30. The van der Waals surface area contributed by atoms with Crippen molar-refractivity contribution in [3.05, 3.63) is 29.8 Å². The Hall–Kier alpha value is -1.51. The fourth-order valence-corrected chi connectivity index (χ4v) is 3.59. The average Bonchev–Trinajstić information content (AvgIpc) is 2.63. The number of carbonyl (C=O) groups is 1. The predicted molar refractivity (Wildman–Crippen MR) is 102 cm³/mol. The van der Waals surface area contributed by atoms with Gasteiger partial charge in [-0.15, -0.1) is 0 Å². The van der Waals surface area contributed by atoms with Crippen molar-refractivity contribution < 1.29 is 14.3 Å². The molecule has 25 heavy (non-hydrogen) atoms. The molecule has 1 aliphatic carbocycles. The van der Waals surface area contributed by atoms with E-state index in [-0.39, 0.29) is 18.0 Å². The Kier molecular flexibility index (Phi) is 8.85. The van der Waals surface area contributed by atoms with Crippen LogP contribution in [0.5, 0.6) is 5.75 Å². The van der Waals surface area contributed by atoms with E-state index in [4.69, 9.17) is 9.47 Å². The molecule has 1 aromatic rings. The predicted octanol–water partition coefficient (Wildman–Crippen LogP) is 6.02.